The van der Waals surface area contributed by atoms with Crippen LogP contribution in [0.4, 0.5) is 5.95 Å². The van der Waals surface area contributed by atoms with Gasteiger partial charge in [0.2, 0.25) is 5.95 Å². The van der Waals surface area contributed by atoms with E-state index in [0.717, 1.165) is 79.4 Å². The molecule has 3 aromatic rings. The molecule has 4 aliphatic rings. The maximum Gasteiger partial charge on any atom is 0.260 e. The second kappa shape index (κ2) is 10.4. The molecule has 0 amide bonds. The summed E-state index contributed by atoms with van der Waals surface area (Å²) in [6.07, 6.45) is 9.15. The molecule has 11 nitrogen and oxygen atoms in total. The molecule has 0 bridgehead atoms. The van der Waals surface area contributed by atoms with Gasteiger partial charge in [-0.2, -0.15) is 4.98 Å². The average Bonchev–Trinajstić information content (AvgIpc) is 3.64. The van der Waals surface area contributed by atoms with Gasteiger partial charge in [-0.3, -0.25) is 19.7 Å². The number of likely N-dealkylation sites (tertiary alicyclic amines) is 1. The van der Waals surface area contributed by atoms with Crippen molar-refractivity contribution in [2.75, 3.05) is 25.0 Å². The summed E-state index contributed by atoms with van der Waals surface area (Å²) in [5.41, 5.74) is 10.5. The smallest absolute Gasteiger partial charge is 0.260 e. The van der Waals surface area contributed by atoms with E-state index in [9.17, 15) is 9.90 Å². The van der Waals surface area contributed by atoms with Crippen LogP contribution >= 0.6 is 0 Å². The molecule has 206 valence electrons. The zero-order valence-corrected chi connectivity index (χ0v) is 22.2. The van der Waals surface area contributed by atoms with Crippen LogP contribution in [-0.2, 0) is 6.54 Å². The Morgan fingerprint density at radius 2 is 1.82 bits per heavy atom. The summed E-state index contributed by atoms with van der Waals surface area (Å²) in [6.45, 7) is 3.66. The van der Waals surface area contributed by atoms with Crippen molar-refractivity contribution in [3.63, 3.8) is 0 Å². The lowest BCUT2D eigenvalue weighted by Gasteiger charge is -2.31. The minimum Gasteiger partial charge on any atom is -0.393 e. The second-order valence-electron chi connectivity index (χ2n) is 11.7. The van der Waals surface area contributed by atoms with Gasteiger partial charge in [0.25, 0.3) is 5.56 Å². The van der Waals surface area contributed by atoms with Gasteiger partial charge in [-0.25, -0.2) is 10.5 Å². The Morgan fingerprint density at radius 1 is 1.00 bits per heavy atom. The van der Waals surface area contributed by atoms with Crippen molar-refractivity contribution >= 4 is 33.6 Å². The predicted molar refractivity (Wildman–Crippen MR) is 151 cm³/mol. The molecule has 0 radical (unpaired) electrons. The lowest BCUT2D eigenvalue weighted by molar-refractivity contribution is 0.111. The monoisotopic (exact) mass is 531 g/mol. The highest BCUT2D eigenvalue weighted by molar-refractivity contribution is 6.04. The van der Waals surface area contributed by atoms with E-state index in [2.05, 4.69) is 55.0 Å². The third kappa shape index (κ3) is 5.06. The fourth-order valence-electron chi connectivity index (χ4n) is 6.40. The Labute approximate surface area is 227 Å². The first-order valence-electron chi connectivity index (χ1n) is 14.4. The summed E-state index contributed by atoms with van der Waals surface area (Å²) >= 11 is 0. The van der Waals surface area contributed by atoms with Crippen LogP contribution in [0, 0.1) is 11.8 Å². The number of fused-ring (bicyclic) bond motifs is 3. The molecule has 1 saturated heterocycles. The van der Waals surface area contributed by atoms with E-state index in [-0.39, 0.29) is 17.7 Å². The van der Waals surface area contributed by atoms with Crippen molar-refractivity contribution in [2.45, 2.75) is 70.1 Å². The fourth-order valence-corrected chi connectivity index (χ4v) is 6.40. The molecule has 1 aromatic carbocycles. The number of aliphatic hydroxyl groups excluding tert-OH is 1. The lowest BCUT2D eigenvalue weighted by Crippen LogP contribution is -2.42. The molecule has 3 fully saturated rings. The Kier molecular flexibility index (Phi) is 6.57. The van der Waals surface area contributed by atoms with E-state index in [1.54, 1.807) is 0 Å². The van der Waals surface area contributed by atoms with Crippen molar-refractivity contribution in [3.05, 3.63) is 40.3 Å². The molecule has 5 N–H and O–H groups in total. The van der Waals surface area contributed by atoms with Crippen LogP contribution in [0.1, 0.15) is 63.0 Å². The zero-order chi connectivity index (χ0) is 26.3. The second-order valence-corrected chi connectivity index (χ2v) is 11.7. The first kappa shape index (κ1) is 24.7. The quantitative estimate of drug-likeness (QED) is 0.292. The van der Waals surface area contributed by atoms with Crippen LogP contribution in [0.15, 0.2) is 34.3 Å². The number of benzene rings is 1. The minimum atomic E-state index is -0.283. The number of nitrogens with one attached hydrogen (secondary N) is 4. The first-order chi connectivity index (χ1) is 19.1. The van der Waals surface area contributed by atoms with Gasteiger partial charge in [-0.05, 0) is 87.4 Å². The van der Waals surface area contributed by atoms with E-state index in [4.69, 9.17) is 4.98 Å². The van der Waals surface area contributed by atoms with Crippen molar-refractivity contribution in [1.82, 2.24) is 35.9 Å². The number of hydrazine groups is 2. The molecular formula is C28H37N9O2. The summed E-state index contributed by atoms with van der Waals surface area (Å²) < 4.78 is 1.90. The van der Waals surface area contributed by atoms with Crippen LogP contribution in [0.5, 0.6) is 0 Å². The van der Waals surface area contributed by atoms with Gasteiger partial charge in [0.05, 0.1) is 6.10 Å². The van der Waals surface area contributed by atoms with Crippen LogP contribution in [0.25, 0.3) is 21.8 Å². The number of hydrazone groups is 1. The van der Waals surface area contributed by atoms with Crippen molar-refractivity contribution < 1.29 is 5.11 Å². The highest BCUT2D eigenvalue weighted by atomic mass is 16.3. The fraction of sp³-hybridized carbons (Fsp3) is 0.571. The number of piperidine rings is 1. The number of pyridine rings is 1. The molecule has 2 aromatic heterocycles. The van der Waals surface area contributed by atoms with Gasteiger partial charge < -0.3 is 10.4 Å². The van der Waals surface area contributed by atoms with Gasteiger partial charge in [0, 0.05) is 42.0 Å². The number of amidine groups is 1. The predicted octanol–water partition coefficient (Wildman–Crippen LogP) is 2.38. The molecule has 0 unspecified atom stereocenters. The van der Waals surface area contributed by atoms with Crippen LogP contribution in [-0.4, -0.2) is 56.1 Å². The van der Waals surface area contributed by atoms with Gasteiger partial charge in [-0.15, -0.1) is 10.6 Å². The Bertz CT molecular complexity index is 1450. The SMILES string of the molecule is O=c1c2cc(CN3CCC(C4=NNNN4)CC3)ccc2c2cnc(NCC3CC3)nc2n1C1CCC(O)CC1. The molecule has 0 spiro atoms. The number of rotatable bonds is 7. The number of hydrogen-bond donors (Lipinski definition) is 5. The molecule has 7 rings (SSSR count). The highest BCUT2D eigenvalue weighted by Crippen LogP contribution is 2.33. The highest BCUT2D eigenvalue weighted by Gasteiger charge is 2.27. The standard InChI is InChI=1S/C28H37N9O2/c38-21-6-4-20(5-7-21)37-26-24(15-30-28(31-26)29-14-17-1-2-17)22-8-3-18(13-23(22)27(37)39)16-36-11-9-19(10-12-36)25-32-34-35-33-25/h3,8,13,15,17,19-21,34-35,38H,1-2,4-7,9-12,14,16H2,(H,32,33)(H,29,30,31). The van der Waals surface area contributed by atoms with Gasteiger partial charge in [0.1, 0.15) is 11.5 Å². The summed E-state index contributed by atoms with van der Waals surface area (Å²) in [7, 11) is 0. The van der Waals surface area contributed by atoms with Gasteiger partial charge in [-0.1, -0.05) is 12.1 Å². The maximum absolute atomic E-state index is 14.1. The van der Waals surface area contributed by atoms with Crippen molar-refractivity contribution in [2.24, 2.45) is 16.9 Å². The zero-order valence-electron chi connectivity index (χ0n) is 22.2. The number of aromatic nitrogens is 3. The maximum atomic E-state index is 14.1. The van der Waals surface area contributed by atoms with Crippen molar-refractivity contribution in [1.29, 1.82) is 0 Å². The molecule has 11 heteroatoms. The summed E-state index contributed by atoms with van der Waals surface area (Å²) in [6, 6.07) is 6.32. The molecular weight excluding hydrogens is 494 g/mol. The Balaban J connectivity index is 1.20. The average molecular weight is 532 g/mol. The van der Waals surface area contributed by atoms with Crippen LogP contribution in [0.3, 0.4) is 0 Å². The summed E-state index contributed by atoms with van der Waals surface area (Å²) in [4.78, 5) is 26.1. The number of hydrogen-bond acceptors (Lipinski definition) is 10. The molecule has 2 saturated carbocycles. The third-order valence-electron chi connectivity index (χ3n) is 8.90. The molecule has 2 aliphatic carbocycles. The van der Waals surface area contributed by atoms with E-state index in [1.807, 2.05) is 10.8 Å². The van der Waals surface area contributed by atoms with E-state index in [0.29, 0.717) is 36.3 Å². The first-order valence-corrected chi connectivity index (χ1v) is 14.4. The number of aliphatic hydroxyl groups is 1. The third-order valence-corrected chi connectivity index (χ3v) is 8.90. The normalized spacial score (nSPS) is 24.5. The van der Waals surface area contributed by atoms with E-state index >= 15 is 0 Å². The molecule has 2 aliphatic heterocycles. The van der Waals surface area contributed by atoms with Gasteiger partial charge in [0.15, 0.2) is 0 Å². The lowest BCUT2D eigenvalue weighted by atomic mass is 9.92. The Morgan fingerprint density at radius 3 is 2.56 bits per heavy atom. The molecule has 0 atom stereocenters. The van der Waals surface area contributed by atoms with E-state index in [1.165, 1.54) is 12.8 Å². The topological polar surface area (TPSA) is 132 Å². The summed E-state index contributed by atoms with van der Waals surface area (Å²) in [5, 5.41) is 20.3. The number of nitrogens with zero attached hydrogens (tertiary/aromatic N) is 5. The molecule has 4 heterocycles. The van der Waals surface area contributed by atoms with Crippen LogP contribution < -0.4 is 27.4 Å². The Hall–Kier alpha value is -3.28. The van der Waals surface area contributed by atoms with Crippen LogP contribution in [0.2, 0.25) is 0 Å². The number of anilines is 1. The summed E-state index contributed by atoms with van der Waals surface area (Å²) in [5.74, 6) is 2.70. The molecule has 39 heavy (non-hydrogen) atoms. The largest absolute Gasteiger partial charge is 0.393 e. The van der Waals surface area contributed by atoms with Crippen molar-refractivity contribution in [3.8, 4) is 0 Å². The van der Waals surface area contributed by atoms with Gasteiger partial charge >= 0.3 is 0 Å². The van der Waals surface area contributed by atoms with E-state index < -0.39 is 0 Å². The minimum absolute atomic E-state index is 0.0108.